The molecule has 7 heteroatoms. The van der Waals surface area contributed by atoms with E-state index in [4.69, 9.17) is 4.74 Å². The van der Waals surface area contributed by atoms with Crippen LogP contribution in [0.5, 0.6) is 0 Å². The Kier molecular flexibility index (Phi) is 9.99. The van der Waals surface area contributed by atoms with E-state index >= 15 is 0 Å². The Morgan fingerprint density at radius 2 is 1.92 bits per heavy atom. The molecule has 1 atom stereocenters. The molecule has 2 rings (SSSR count). The Hall–Kier alpha value is -1.19. The highest BCUT2D eigenvalue weighted by Crippen LogP contribution is 2.17. The lowest BCUT2D eigenvalue weighted by molar-refractivity contribution is 0.106. The van der Waals surface area contributed by atoms with Crippen LogP contribution in [0.15, 0.2) is 41.4 Å². The fourth-order valence-corrected chi connectivity index (χ4v) is 3.09. The van der Waals surface area contributed by atoms with Gasteiger partial charge in [-0.15, -0.1) is 35.3 Å². The molecule has 0 aliphatic carbocycles. The molecule has 1 unspecified atom stereocenters. The Labute approximate surface area is 169 Å². The molecule has 0 spiro atoms. The number of aryl methyl sites for hydroxylation is 1. The highest BCUT2D eigenvalue weighted by molar-refractivity contribution is 14.0. The zero-order valence-corrected chi connectivity index (χ0v) is 17.9. The van der Waals surface area contributed by atoms with Gasteiger partial charge in [0.25, 0.3) is 0 Å². The lowest BCUT2D eigenvalue weighted by Crippen LogP contribution is -2.39. The maximum Gasteiger partial charge on any atom is 0.191 e. The van der Waals surface area contributed by atoms with Gasteiger partial charge in [0, 0.05) is 30.0 Å². The molecule has 0 amide bonds. The first kappa shape index (κ1) is 21.9. The second-order valence-electron chi connectivity index (χ2n) is 5.36. The van der Waals surface area contributed by atoms with Crippen LogP contribution in [0.25, 0.3) is 0 Å². The molecule has 0 fully saturated rings. The minimum atomic E-state index is -0.247. The van der Waals surface area contributed by atoms with Crippen molar-refractivity contribution in [1.82, 2.24) is 10.6 Å². The fourth-order valence-electron chi connectivity index (χ4n) is 2.27. The number of hydrogen-bond donors (Lipinski definition) is 2. The molecular weight excluding hydrogens is 452 g/mol. The molecule has 1 aromatic carbocycles. The Balaban J connectivity index is 0.00000312. The molecular formula is C18H25FIN3OS. The van der Waals surface area contributed by atoms with Crippen LogP contribution >= 0.6 is 35.3 Å². The number of nitrogens with one attached hydrogen (secondary N) is 2. The molecule has 1 aromatic heterocycles. The molecule has 0 bridgehead atoms. The van der Waals surface area contributed by atoms with E-state index < -0.39 is 0 Å². The van der Waals surface area contributed by atoms with Gasteiger partial charge in [-0.25, -0.2) is 9.38 Å². The van der Waals surface area contributed by atoms with Gasteiger partial charge in [0.15, 0.2) is 5.96 Å². The lowest BCUT2D eigenvalue weighted by atomic mass is 10.1. The van der Waals surface area contributed by atoms with Gasteiger partial charge in [0.05, 0.1) is 12.6 Å². The third-order valence-electron chi connectivity index (χ3n) is 3.51. The third-order valence-corrected chi connectivity index (χ3v) is 4.50. The zero-order valence-electron chi connectivity index (χ0n) is 14.7. The van der Waals surface area contributed by atoms with Crippen LogP contribution in [0.3, 0.4) is 0 Å². The number of guanidine groups is 1. The molecule has 1 heterocycles. The topological polar surface area (TPSA) is 45.7 Å². The van der Waals surface area contributed by atoms with Gasteiger partial charge in [0.2, 0.25) is 0 Å². The standard InChI is InChI=1S/C18H24FN3OS.HI/c1-4-20-18(21-11-16-10-5-13(2)24-16)22-12-17(23-3)14-6-8-15(19)9-7-14;/h5-10,17H,4,11-12H2,1-3H3,(H2,20,21,22);1H. The van der Waals surface area contributed by atoms with E-state index in [1.807, 2.05) is 6.92 Å². The first-order valence-electron chi connectivity index (χ1n) is 7.98. The van der Waals surface area contributed by atoms with Crippen LogP contribution in [-0.4, -0.2) is 26.2 Å². The second kappa shape index (κ2) is 11.4. The van der Waals surface area contributed by atoms with E-state index in [2.05, 4.69) is 34.7 Å². The highest BCUT2D eigenvalue weighted by Gasteiger charge is 2.11. The second-order valence-corrected chi connectivity index (χ2v) is 6.74. The van der Waals surface area contributed by atoms with E-state index in [9.17, 15) is 4.39 Å². The lowest BCUT2D eigenvalue weighted by Gasteiger charge is -2.18. The number of rotatable bonds is 7. The smallest absolute Gasteiger partial charge is 0.191 e. The van der Waals surface area contributed by atoms with Crippen molar-refractivity contribution in [3.05, 3.63) is 57.5 Å². The molecule has 138 valence electrons. The van der Waals surface area contributed by atoms with Crippen molar-refractivity contribution in [2.24, 2.45) is 4.99 Å². The Bertz CT molecular complexity index is 661. The van der Waals surface area contributed by atoms with Crippen molar-refractivity contribution < 1.29 is 9.13 Å². The number of benzene rings is 1. The maximum atomic E-state index is 13.0. The van der Waals surface area contributed by atoms with Crippen LogP contribution in [-0.2, 0) is 11.3 Å². The number of thiophene rings is 1. The predicted molar refractivity (Wildman–Crippen MR) is 113 cm³/mol. The van der Waals surface area contributed by atoms with Crippen LogP contribution < -0.4 is 10.6 Å². The Morgan fingerprint density at radius 3 is 2.48 bits per heavy atom. The first-order chi connectivity index (χ1) is 11.6. The van der Waals surface area contributed by atoms with Crippen LogP contribution in [0.1, 0.15) is 28.3 Å². The van der Waals surface area contributed by atoms with Crippen molar-refractivity contribution in [2.75, 3.05) is 20.2 Å². The normalized spacial score (nSPS) is 12.4. The molecule has 0 radical (unpaired) electrons. The first-order valence-corrected chi connectivity index (χ1v) is 8.79. The summed E-state index contributed by atoms with van der Waals surface area (Å²) in [5.74, 6) is 0.496. The largest absolute Gasteiger partial charge is 0.375 e. The minimum absolute atomic E-state index is 0. The highest BCUT2D eigenvalue weighted by atomic mass is 127. The van der Waals surface area contributed by atoms with Crippen LogP contribution in [0.2, 0.25) is 0 Å². The number of methoxy groups -OCH3 is 1. The summed E-state index contributed by atoms with van der Waals surface area (Å²) in [5.41, 5.74) is 0.927. The van der Waals surface area contributed by atoms with Crippen molar-refractivity contribution in [3.63, 3.8) is 0 Å². The van der Waals surface area contributed by atoms with E-state index in [0.29, 0.717) is 13.1 Å². The SMILES string of the molecule is CCNC(=NCc1ccc(C)s1)NCC(OC)c1ccc(F)cc1.I. The molecule has 0 aliphatic heterocycles. The van der Waals surface area contributed by atoms with Crippen molar-refractivity contribution in [2.45, 2.75) is 26.5 Å². The minimum Gasteiger partial charge on any atom is -0.375 e. The number of hydrogen-bond acceptors (Lipinski definition) is 3. The molecule has 0 saturated heterocycles. The van der Waals surface area contributed by atoms with Crippen molar-refractivity contribution in [3.8, 4) is 0 Å². The molecule has 2 aromatic rings. The summed E-state index contributed by atoms with van der Waals surface area (Å²) in [7, 11) is 1.65. The molecule has 2 N–H and O–H groups in total. The number of halogens is 2. The van der Waals surface area contributed by atoms with E-state index in [1.165, 1.54) is 21.9 Å². The average Bonchev–Trinajstić information content (AvgIpc) is 3.00. The zero-order chi connectivity index (χ0) is 17.4. The monoisotopic (exact) mass is 477 g/mol. The maximum absolute atomic E-state index is 13.0. The fraction of sp³-hybridized carbons (Fsp3) is 0.389. The summed E-state index contributed by atoms with van der Waals surface area (Å²) in [4.78, 5) is 7.11. The average molecular weight is 477 g/mol. The summed E-state index contributed by atoms with van der Waals surface area (Å²) in [6.45, 7) is 6.09. The van der Waals surface area contributed by atoms with E-state index in [-0.39, 0.29) is 35.9 Å². The van der Waals surface area contributed by atoms with Gasteiger partial charge < -0.3 is 15.4 Å². The van der Waals surface area contributed by atoms with Crippen LogP contribution in [0.4, 0.5) is 4.39 Å². The van der Waals surface area contributed by atoms with Gasteiger partial charge in [-0.2, -0.15) is 0 Å². The number of nitrogens with zero attached hydrogens (tertiary/aromatic N) is 1. The molecule has 0 saturated carbocycles. The van der Waals surface area contributed by atoms with Crippen molar-refractivity contribution in [1.29, 1.82) is 0 Å². The van der Waals surface area contributed by atoms with Gasteiger partial charge in [0.1, 0.15) is 5.82 Å². The molecule has 25 heavy (non-hydrogen) atoms. The summed E-state index contributed by atoms with van der Waals surface area (Å²) in [6.07, 6.45) is -0.168. The van der Waals surface area contributed by atoms with Crippen LogP contribution in [0, 0.1) is 12.7 Å². The number of ether oxygens (including phenoxy) is 1. The van der Waals surface area contributed by atoms with Gasteiger partial charge in [-0.05, 0) is 43.7 Å². The Morgan fingerprint density at radius 1 is 1.20 bits per heavy atom. The quantitative estimate of drug-likeness (QED) is 0.356. The van der Waals surface area contributed by atoms with E-state index in [0.717, 1.165) is 18.1 Å². The van der Waals surface area contributed by atoms with Crippen molar-refractivity contribution >= 4 is 41.3 Å². The van der Waals surface area contributed by atoms with Gasteiger partial charge in [-0.3, -0.25) is 0 Å². The molecule has 4 nitrogen and oxygen atoms in total. The molecule has 0 aliphatic rings. The summed E-state index contributed by atoms with van der Waals surface area (Å²) < 4.78 is 18.6. The van der Waals surface area contributed by atoms with Gasteiger partial charge >= 0.3 is 0 Å². The van der Waals surface area contributed by atoms with E-state index in [1.54, 1.807) is 30.6 Å². The predicted octanol–water partition coefficient (Wildman–Crippen LogP) is 4.26. The third kappa shape index (κ3) is 7.29. The van der Waals surface area contributed by atoms with Gasteiger partial charge in [-0.1, -0.05) is 12.1 Å². The summed E-state index contributed by atoms with van der Waals surface area (Å²) in [5, 5.41) is 6.51. The number of aliphatic imine (C=N–C) groups is 1. The summed E-state index contributed by atoms with van der Waals surface area (Å²) in [6, 6.07) is 10.6. The summed E-state index contributed by atoms with van der Waals surface area (Å²) >= 11 is 1.75.